The average molecular weight is 259 g/mol. The largest absolute Gasteiger partial charge is 0.480 e. The van der Waals surface area contributed by atoms with E-state index in [1.54, 1.807) is 6.08 Å². The highest BCUT2D eigenvalue weighted by Crippen LogP contribution is 2.18. The number of carbonyl (C=O) groups is 2. The Morgan fingerprint density at radius 2 is 2.11 bits per heavy atom. The molecule has 1 fully saturated rings. The van der Waals surface area contributed by atoms with E-state index in [0.717, 1.165) is 17.5 Å². The van der Waals surface area contributed by atoms with Gasteiger partial charge < -0.3 is 10.0 Å². The summed E-state index contributed by atoms with van der Waals surface area (Å²) in [5, 5.41) is 9.04. The zero-order chi connectivity index (χ0) is 13.8. The lowest BCUT2D eigenvalue weighted by Gasteiger charge is -2.19. The summed E-state index contributed by atoms with van der Waals surface area (Å²) >= 11 is 0. The quantitative estimate of drug-likeness (QED) is 0.845. The molecule has 0 aliphatic carbocycles. The van der Waals surface area contributed by atoms with Crippen LogP contribution in [0, 0.1) is 6.92 Å². The van der Waals surface area contributed by atoms with Gasteiger partial charge in [0.1, 0.15) is 6.04 Å². The van der Waals surface area contributed by atoms with Crippen LogP contribution in [0.2, 0.25) is 0 Å². The summed E-state index contributed by atoms with van der Waals surface area (Å²) in [5.74, 6) is -1.15. The maximum atomic E-state index is 12.0. The minimum Gasteiger partial charge on any atom is -0.480 e. The maximum Gasteiger partial charge on any atom is 0.326 e. The predicted octanol–water partition coefficient (Wildman–Crippen LogP) is 2.08. The van der Waals surface area contributed by atoms with Crippen LogP contribution in [0.4, 0.5) is 0 Å². The molecule has 0 radical (unpaired) electrons. The molecule has 1 aromatic rings. The number of carbonyl (C=O) groups excluding carboxylic acids is 1. The molecule has 0 aromatic heterocycles. The minimum absolute atomic E-state index is 0.229. The van der Waals surface area contributed by atoms with Crippen LogP contribution in [0.15, 0.2) is 30.3 Å². The van der Waals surface area contributed by atoms with E-state index in [1.807, 2.05) is 31.2 Å². The average Bonchev–Trinajstić information content (AvgIpc) is 2.87. The third-order valence-electron chi connectivity index (χ3n) is 3.41. The van der Waals surface area contributed by atoms with Gasteiger partial charge in [-0.05, 0) is 37.0 Å². The van der Waals surface area contributed by atoms with Gasteiger partial charge in [-0.1, -0.05) is 24.3 Å². The van der Waals surface area contributed by atoms with Gasteiger partial charge in [0.15, 0.2) is 0 Å². The number of hydrogen-bond donors (Lipinski definition) is 1. The summed E-state index contributed by atoms with van der Waals surface area (Å²) in [6, 6.07) is 7.08. The van der Waals surface area contributed by atoms with Crippen LogP contribution in [0.3, 0.4) is 0 Å². The van der Waals surface area contributed by atoms with Gasteiger partial charge in [0.05, 0.1) is 0 Å². The second kappa shape index (κ2) is 5.69. The van der Waals surface area contributed by atoms with Gasteiger partial charge in [0, 0.05) is 12.6 Å². The maximum absolute atomic E-state index is 12.0. The van der Waals surface area contributed by atoms with Crippen molar-refractivity contribution in [3.8, 4) is 0 Å². The highest BCUT2D eigenvalue weighted by molar-refractivity contribution is 5.94. The van der Waals surface area contributed by atoms with Gasteiger partial charge >= 0.3 is 5.97 Å². The smallest absolute Gasteiger partial charge is 0.326 e. The molecule has 4 heteroatoms. The van der Waals surface area contributed by atoms with Crippen molar-refractivity contribution in [2.45, 2.75) is 25.8 Å². The number of hydrogen-bond acceptors (Lipinski definition) is 2. The molecule has 0 spiro atoms. The van der Waals surface area contributed by atoms with E-state index in [0.29, 0.717) is 13.0 Å². The molecule has 1 unspecified atom stereocenters. The van der Waals surface area contributed by atoms with Crippen molar-refractivity contribution < 1.29 is 14.7 Å². The molecule has 1 amide bonds. The molecule has 1 atom stereocenters. The van der Waals surface area contributed by atoms with E-state index in [-0.39, 0.29) is 5.91 Å². The summed E-state index contributed by atoms with van der Waals surface area (Å²) in [6.07, 6.45) is 4.50. The molecule has 1 aliphatic rings. The van der Waals surface area contributed by atoms with Crippen LogP contribution in [-0.2, 0) is 9.59 Å². The van der Waals surface area contributed by atoms with Crippen molar-refractivity contribution in [1.82, 2.24) is 4.90 Å². The molecule has 0 bridgehead atoms. The number of benzene rings is 1. The van der Waals surface area contributed by atoms with Crippen LogP contribution in [-0.4, -0.2) is 34.5 Å². The monoisotopic (exact) mass is 259 g/mol. The third kappa shape index (κ3) is 3.02. The molecule has 2 rings (SSSR count). The number of likely N-dealkylation sites (tertiary alicyclic amines) is 1. The minimum atomic E-state index is -0.921. The molecule has 1 aromatic carbocycles. The van der Waals surface area contributed by atoms with Gasteiger partial charge in [0.25, 0.3) is 0 Å². The number of rotatable bonds is 3. The zero-order valence-corrected chi connectivity index (χ0v) is 10.9. The molecule has 1 N–H and O–H groups in total. The van der Waals surface area contributed by atoms with E-state index in [4.69, 9.17) is 5.11 Å². The summed E-state index contributed by atoms with van der Waals surface area (Å²) in [7, 11) is 0. The first-order chi connectivity index (χ1) is 9.09. The summed E-state index contributed by atoms with van der Waals surface area (Å²) in [6.45, 7) is 2.49. The molecule has 1 aliphatic heterocycles. The van der Waals surface area contributed by atoms with Crippen molar-refractivity contribution >= 4 is 18.0 Å². The molecule has 4 nitrogen and oxygen atoms in total. The fraction of sp³-hybridized carbons (Fsp3) is 0.333. The van der Waals surface area contributed by atoms with Crippen LogP contribution in [0.1, 0.15) is 24.0 Å². The summed E-state index contributed by atoms with van der Waals surface area (Å²) in [4.78, 5) is 24.5. The van der Waals surface area contributed by atoms with Gasteiger partial charge in [-0.3, -0.25) is 4.79 Å². The summed E-state index contributed by atoms with van der Waals surface area (Å²) < 4.78 is 0. The Bertz CT molecular complexity index is 522. The lowest BCUT2D eigenvalue weighted by molar-refractivity contribution is -0.146. The van der Waals surface area contributed by atoms with Crippen LogP contribution >= 0.6 is 0 Å². The van der Waals surface area contributed by atoms with Crippen LogP contribution in [0.5, 0.6) is 0 Å². The Labute approximate surface area is 112 Å². The summed E-state index contributed by atoms with van der Waals surface area (Å²) in [5.41, 5.74) is 2.06. The molecule has 0 saturated carbocycles. The van der Waals surface area contributed by atoms with Crippen molar-refractivity contribution in [2.75, 3.05) is 6.54 Å². The number of aryl methyl sites for hydroxylation is 1. The SMILES string of the molecule is Cc1ccccc1/C=C/C(=O)N1CCCC1C(=O)O. The first-order valence-corrected chi connectivity index (χ1v) is 6.36. The lowest BCUT2D eigenvalue weighted by atomic mass is 10.1. The zero-order valence-electron chi connectivity index (χ0n) is 10.9. The van der Waals surface area contributed by atoms with E-state index < -0.39 is 12.0 Å². The van der Waals surface area contributed by atoms with Gasteiger partial charge in [-0.25, -0.2) is 4.79 Å². The predicted molar refractivity (Wildman–Crippen MR) is 72.6 cm³/mol. The molecule has 19 heavy (non-hydrogen) atoms. The van der Waals surface area contributed by atoms with Crippen molar-refractivity contribution in [3.05, 3.63) is 41.5 Å². The third-order valence-corrected chi connectivity index (χ3v) is 3.41. The fourth-order valence-electron chi connectivity index (χ4n) is 2.32. The van der Waals surface area contributed by atoms with E-state index in [9.17, 15) is 9.59 Å². The highest BCUT2D eigenvalue weighted by Gasteiger charge is 2.32. The van der Waals surface area contributed by atoms with Crippen molar-refractivity contribution in [2.24, 2.45) is 0 Å². The molecule has 1 saturated heterocycles. The van der Waals surface area contributed by atoms with Gasteiger partial charge in [-0.15, -0.1) is 0 Å². The Morgan fingerprint density at radius 1 is 1.37 bits per heavy atom. The van der Waals surface area contributed by atoms with Crippen LogP contribution < -0.4 is 0 Å². The standard InChI is InChI=1S/C15H17NO3/c1-11-5-2-3-6-12(11)8-9-14(17)16-10-4-7-13(16)15(18)19/h2-3,5-6,8-9,13H,4,7,10H2,1H3,(H,18,19)/b9-8+. The number of carboxylic acids is 1. The van der Waals surface area contributed by atoms with Gasteiger partial charge in [0.2, 0.25) is 5.91 Å². The number of nitrogens with zero attached hydrogens (tertiary/aromatic N) is 1. The Balaban J connectivity index is 2.09. The number of aliphatic carboxylic acids is 1. The molecular formula is C15H17NO3. The topological polar surface area (TPSA) is 57.6 Å². The first-order valence-electron chi connectivity index (χ1n) is 6.36. The Hall–Kier alpha value is -2.10. The molecular weight excluding hydrogens is 242 g/mol. The van der Waals surface area contributed by atoms with Crippen LogP contribution in [0.25, 0.3) is 6.08 Å². The lowest BCUT2D eigenvalue weighted by Crippen LogP contribution is -2.39. The highest BCUT2D eigenvalue weighted by atomic mass is 16.4. The molecule has 1 heterocycles. The number of carboxylic acid groups (broad SMARTS) is 1. The van der Waals surface area contributed by atoms with Gasteiger partial charge in [-0.2, -0.15) is 0 Å². The van der Waals surface area contributed by atoms with Crippen molar-refractivity contribution in [3.63, 3.8) is 0 Å². The first kappa shape index (κ1) is 13.3. The van der Waals surface area contributed by atoms with Crippen molar-refractivity contribution in [1.29, 1.82) is 0 Å². The Morgan fingerprint density at radius 3 is 2.79 bits per heavy atom. The van der Waals surface area contributed by atoms with E-state index in [2.05, 4.69) is 0 Å². The second-order valence-electron chi connectivity index (χ2n) is 4.72. The molecule has 100 valence electrons. The second-order valence-corrected chi connectivity index (χ2v) is 4.72. The normalized spacial score (nSPS) is 19.0. The van der Waals surface area contributed by atoms with E-state index >= 15 is 0 Å². The fourth-order valence-corrected chi connectivity index (χ4v) is 2.32. The number of amides is 1. The Kier molecular flexibility index (Phi) is 4.00. The van der Waals surface area contributed by atoms with E-state index in [1.165, 1.54) is 11.0 Å².